The summed E-state index contributed by atoms with van der Waals surface area (Å²) in [5, 5.41) is 10.5. The van der Waals surface area contributed by atoms with Gasteiger partial charge >= 0.3 is 0 Å². The van der Waals surface area contributed by atoms with Crippen LogP contribution in [0, 0.1) is 11.3 Å². The molecule has 0 aliphatic rings. The van der Waals surface area contributed by atoms with Gasteiger partial charge in [0.1, 0.15) is 11.8 Å². The van der Waals surface area contributed by atoms with Crippen LogP contribution in [0.1, 0.15) is 5.56 Å². The quantitative estimate of drug-likeness (QED) is 0.768. The van der Waals surface area contributed by atoms with Gasteiger partial charge in [-0.3, -0.25) is 0 Å². The number of ether oxygens (including phenoxy) is 2. The van der Waals surface area contributed by atoms with Crippen LogP contribution >= 0.6 is 0 Å². The molecule has 1 aromatic carbocycles. The highest BCUT2D eigenvalue weighted by molar-refractivity contribution is 5.96. The number of nitrogens with zero attached hydrogens (tertiary/aromatic N) is 2. The number of pyridine rings is 1. The molecule has 0 aliphatic carbocycles. The number of methoxy groups -OCH3 is 2. The summed E-state index contributed by atoms with van der Waals surface area (Å²) in [4.78, 5) is 4.07. The molecule has 0 radical (unpaired) electrons. The van der Waals surface area contributed by atoms with Gasteiger partial charge in [-0.2, -0.15) is 5.26 Å². The molecule has 0 aliphatic heterocycles. The average molecular weight is 214 g/mol. The molecule has 0 saturated heterocycles. The summed E-state index contributed by atoms with van der Waals surface area (Å²) in [7, 11) is 3.12. The molecule has 0 amide bonds. The first-order valence-corrected chi connectivity index (χ1v) is 4.71. The van der Waals surface area contributed by atoms with Gasteiger partial charge in [0.2, 0.25) is 5.88 Å². The maximum Gasteiger partial charge on any atom is 0.221 e. The fourth-order valence-electron chi connectivity index (χ4n) is 1.66. The van der Waals surface area contributed by atoms with E-state index in [4.69, 9.17) is 14.7 Å². The van der Waals surface area contributed by atoms with Crippen molar-refractivity contribution in [1.29, 1.82) is 5.26 Å². The monoisotopic (exact) mass is 214 g/mol. The van der Waals surface area contributed by atoms with E-state index in [9.17, 15) is 0 Å². The smallest absolute Gasteiger partial charge is 0.221 e. The van der Waals surface area contributed by atoms with Crippen LogP contribution in [-0.2, 0) is 0 Å². The molecule has 0 fully saturated rings. The highest BCUT2D eigenvalue weighted by Gasteiger charge is 2.11. The predicted octanol–water partition coefficient (Wildman–Crippen LogP) is 2.12. The van der Waals surface area contributed by atoms with Gasteiger partial charge < -0.3 is 9.47 Å². The Balaban J connectivity index is 2.91. The molecule has 0 saturated carbocycles. The van der Waals surface area contributed by atoms with Gasteiger partial charge in [-0.1, -0.05) is 6.07 Å². The largest absolute Gasteiger partial charge is 0.496 e. The van der Waals surface area contributed by atoms with E-state index in [2.05, 4.69) is 11.1 Å². The third-order valence-electron chi connectivity index (χ3n) is 2.37. The highest BCUT2D eigenvalue weighted by atomic mass is 16.5. The third kappa shape index (κ3) is 1.43. The molecular weight excluding hydrogens is 204 g/mol. The van der Waals surface area contributed by atoms with Crippen LogP contribution in [0.2, 0.25) is 0 Å². The lowest BCUT2D eigenvalue weighted by molar-refractivity contribution is 0.402. The summed E-state index contributed by atoms with van der Waals surface area (Å²) in [5.41, 5.74) is 0.480. The van der Waals surface area contributed by atoms with E-state index in [-0.39, 0.29) is 0 Å². The normalized spacial score (nSPS) is 9.81. The molecule has 2 aromatic rings. The van der Waals surface area contributed by atoms with E-state index < -0.39 is 0 Å². The fourth-order valence-corrected chi connectivity index (χ4v) is 1.66. The molecule has 1 heterocycles. The summed E-state index contributed by atoms with van der Waals surface area (Å²) in [6.45, 7) is 0. The van der Waals surface area contributed by atoms with Gasteiger partial charge in [-0.15, -0.1) is 0 Å². The van der Waals surface area contributed by atoms with Crippen LogP contribution in [0.3, 0.4) is 0 Å². The molecule has 0 unspecified atom stereocenters. The molecule has 4 nitrogen and oxygen atoms in total. The second-order valence-electron chi connectivity index (χ2n) is 3.18. The van der Waals surface area contributed by atoms with Gasteiger partial charge in [0.05, 0.1) is 19.8 Å². The average Bonchev–Trinajstić information content (AvgIpc) is 2.36. The number of rotatable bonds is 2. The van der Waals surface area contributed by atoms with Crippen molar-refractivity contribution in [3.05, 3.63) is 30.0 Å². The van der Waals surface area contributed by atoms with Crippen molar-refractivity contribution in [2.24, 2.45) is 0 Å². The molecule has 1 aromatic heterocycles. The summed E-state index contributed by atoms with van der Waals surface area (Å²) in [6, 6.07) is 7.60. The van der Waals surface area contributed by atoms with Crippen molar-refractivity contribution in [2.45, 2.75) is 0 Å². The van der Waals surface area contributed by atoms with Crippen LogP contribution in [0.5, 0.6) is 11.6 Å². The van der Waals surface area contributed by atoms with Crippen LogP contribution in [-0.4, -0.2) is 19.2 Å². The van der Waals surface area contributed by atoms with E-state index in [1.807, 2.05) is 18.2 Å². The first-order chi connectivity index (χ1) is 7.81. The van der Waals surface area contributed by atoms with E-state index >= 15 is 0 Å². The Hall–Kier alpha value is -2.28. The van der Waals surface area contributed by atoms with Crippen molar-refractivity contribution in [3.63, 3.8) is 0 Å². The zero-order valence-electron chi connectivity index (χ0n) is 9.02. The minimum absolute atomic E-state index is 0.480. The summed E-state index contributed by atoms with van der Waals surface area (Å²) in [6.07, 6.45) is 1.49. The molecule has 2 rings (SSSR count). The number of hydrogen-bond donors (Lipinski definition) is 0. The Kier molecular flexibility index (Phi) is 2.61. The van der Waals surface area contributed by atoms with E-state index in [1.165, 1.54) is 6.20 Å². The third-order valence-corrected chi connectivity index (χ3v) is 2.37. The zero-order valence-corrected chi connectivity index (χ0v) is 9.02. The second kappa shape index (κ2) is 4.07. The van der Waals surface area contributed by atoms with E-state index in [0.29, 0.717) is 17.2 Å². The standard InChI is InChI=1S/C12H10N2O2/c1-15-10-5-3-4-9-11(10)8(6-13)7-14-12(9)16-2/h3-5,7H,1-2H3. The Bertz CT molecular complexity index is 573. The maximum atomic E-state index is 9.03. The molecule has 16 heavy (non-hydrogen) atoms. The second-order valence-corrected chi connectivity index (χ2v) is 3.18. The van der Waals surface area contributed by atoms with Gasteiger partial charge in [-0.05, 0) is 12.1 Å². The Morgan fingerprint density at radius 2 is 2.06 bits per heavy atom. The minimum atomic E-state index is 0.480. The van der Waals surface area contributed by atoms with Gasteiger partial charge in [0, 0.05) is 17.0 Å². The SMILES string of the molecule is COc1ncc(C#N)c2c(OC)cccc12. The van der Waals surface area contributed by atoms with Crippen molar-refractivity contribution in [2.75, 3.05) is 14.2 Å². The molecule has 0 bridgehead atoms. The molecule has 0 spiro atoms. The van der Waals surface area contributed by atoms with Crippen molar-refractivity contribution in [1.82, 2.24) is 4.98 Å². The minimum Gasteiger partial charge on any atom is -0.496 e. The Morgan fingerprint density at radius 3 is 2.69 bits per heavy atom. The lowest BCUT2D eigenvalue weighted by Gasteiger charge is -2.09. The Morgan fingerprint density at radius 1 is 1.25 bits per heavy atom. The van der Waals surface area contributed by atoms with Crippen molar-refractivity contribution in [3.8, 4) is 17.7 Å². The van der Waals surface area contributed by atoms with Crippen LogP contribution < -0.4 is 9.47 Å². The zero-order chi connectivity index (χ0) is 11.5. The van der Waals surface area contributed by atoms with Crippen LogP contribution in [0.15, 0.2) is 24.4 Å². The topological polar surface area (TPSA) is 55.1 Å². The first-order valence-electron chi connectivity index (χ1n) is 4.71. The van der Waals surface area contributed by atoms with Crippen molar-refractivity contribution < 1.29 is 9.47 Å². The van der Waals surface area contributed by atoms with Gasteiger partial charge in [0.25, 0.3) is 0 Å². The number of fused-ring (bicyclic) bond motifs is 1. The molecule has 4 heteroatoms. The van der Waals surface area contributed by atoms with Crippen LogP contribution in [0.25, 0.3) is 10.8 Å². The molecule has 80 valence electrons. The number of aromatic nitrogens is 1. The lowest BCUT2D eigenvalue weighted by atomic mass is 10.1. The summed E-state index contributed by atoms with van der Waals surface area (Å²) >= 11 is 0. The Labute approximate surface area is 93.0 Å². The number of nitriles is 1. The maximum absolute atomic E-state index is 9.03. The fraction of sp³-hybridized carbons (Fsp3) is 0.167. The van der Waals surface area contributed by atoms with Crippen molar-refractivity contribution >= 4 is 10.8 Å². The lowest BCUT2D eigenvalue weighted by Crippen LogP contribution is -1.94. The molecule has 0 atom stereocenters. The number of benzene rings is 1. The van der Waals surface area contributed by atoms with Gasteiger partial charge in [-0.25, -0.2) is 4.98 Å². The van der Waals surface area contributed by atoms with E-state index in [0.717, 1.165) is 10.8 Å². The summed E-state index contributed by atoms with van der Waals surface area (Å²) in [5.74, 6) is 1.14. The van der Waals surface area contributed by atoms with E-state index in [1.54, 1.807) is 14.2 Å². The predicted molar refractivity (Wildman–Crippen MR) is 59.6 cm³/mol. The first kappa shape index (κ1) is 10.2. The summed E-state index contributed by atoms with van der Waals surface area (Å²) < 4.78 is 10.4. The molecule has 0 N–H and O–H groups in total. The molecular formula is C12H10N2O2. The van der Waals surface area contributed by atoms with Gasteiger partial charge in [0.15, 0.2) is 0 Å². The van der Waals surface area contributed by atoms with Crippen LogP contribution in [0.4, 0.5) is 0 Å². The number of hydrogen-bond acceptors (Lipinski definition) is 4. The highest BCUT2D eigenvalue weighted by Crippen LogP contribution is 2.32.